The lowest BCUT2D eigenvalue weighted by Crippen LogP contribution is -2.53. The van der Waals surface area contributed by atoms with Gasteiger partial charge >= 0.3 is 0 Å². The smallest absolute Gasteiger partial charge is 0.237 e. The molecule has 0 spiro atoms. The third-order valence-corrected chi connectivity index (χ3v) is 7.38. The molecule has 0 saturated carbocycles. The molecule has 2 aromatic carbocycles. The van der Waals surface area contributed by atoms with E-state index in [1.54, 1.807) is 0 Å². The summed E-state index contributed by atoms with van der Waals surface area (Å²) in [6, 6.07) is 17.7. The van der Waals surface area contributed by atoms with Crippen LogP contribution in [0.4, 0.5) is 0 Å². The molecule has 1 aliphatic heterocycles. The van der Waals surface area contributed by atoms with E-state index in [2.05, 4.69) is 10.3 Å². The van der Waals surface area contributed by atoms with Crippen LogP contribution in [0.3, 0.4) is 0 Å². The number of H-pyrrole nitrogens is 1. The number of fused-ring (bicyclic) bond motifs is 1. The maximum atomic E-state index is 13.1. The van der Waals surface area contributed by atoms with Gasteiger partial charge in [0.2, 0.25) is 5.91 Å². The number of carbonyl (C=O) groups is 1. The second-order valence-corrected chi connectivity index (χ2v) is 10.1. The molecule has 2 heterocycles. The van der Waals surface area contributed by atoms with E-state index in [1.807, 2.05) is 65.7 Å². The Bertz CT molecular complexity index is 1090. The maximum absolute atomic E-state index is 13.1. The van der Waals surface area contributed by atoms with Gasteiger partial charge in [-0.3, -0.25) is 9.69 Å². The van der Waals surface area contributed by atoms with E-state index in [9.17, 15) is 13.2 Å². The molecule has 7 heteroatoms. The highest BCUT2D eigenvalue weighted by molar-refractivity contribution is 7.91. The minimum Gasteiger partial charge on any atom is -0.361 e. The monoisotopic (exact) mass is 425 g/mol. The van der Waals surface area contributed by atoms with Crippen molar-refractivity contribution < 1.29 is 13.2 Å². The predicted molar refractivity (Wildman–Crippen MR) is 119 cm³/mol. The number of amides is 1. The summed E-state index contributed by atoms with van der Waals surface area (Å²) in [6.07, 6.45) is 3.26. The van der Waals surface area contributed by atoms with Gasteiger partial charge in [0.1, 0.15) is 0 Å². The predicted octanol–water partition coefficient (Wildman–Crippen LogP) is 2.17. The first-order valence-electron chi connectivity index (χ1n) is 10.3. The van der Waals surface area contributed by atoms with Gasteiger partial charge in [-0.1, -0.05) is 48.5 Å². The molecule has 0 radical (unpaired) electrons. The van der Waals surface area contributed by atoms with E-state index in [-0.39, 0.29) is 17.4 Å². The Morgan fingerprint density at radius 1 is 1.03 bits per heavy atom. The summed E-state index contributed by atoms with van der Waals surface area (Å²) in [5.41, 5.74) is 3.29. The van der Waals surface area contributed by atoms with Gasteiger partial charge in [-0.05, 0) is 30.0 Å². The van der Waals surface area contributed by atoms with Crippen LogP contribution in [0.15, 0.2) is 60.8 Å². The fraction of sp³-hybridized carbons (Fsp3) is 0.348. The zero-order valence-corrected chi connectivity index (χ0v) is 17.7. The molecule has 1 fully saturated rings. The largest absolute Gasteiger partial charge is 0.361 e. The standard InChI is InChI=1S/C23H27N3O3S/c27-23(24-11-10-18-6-2-1-3-7-18)22(26-12-14-30(28,29)15-13-26)16-19-17-25-21-9-5-4-8-20(19)21/h1-9,17,22,25H,10-16H2,(H,24,27)/t22-/m0/s1. The van der Waals surface area contributed by atoms with E-state index >= 15 is 0 Å². The SMILES string of the molecule is O=C(NCCc1ccccc1)[C@H](Cc1c[nH]c2ccccc12)N1CCS(=O)(=O)CC1. The molecular formula is C23H27N3O3S. The van der Waals surface area contributed by atoms with Crippen molar-refractivity contribution in [2.45, 2.75) is 18.9 Å². The Labute approximate surface area is 177 Å². The van der Waals surface area contributed by atoms with Gasteiger partial charge in [0.15, 0.2) is 9.84 Å². The normalized spacial score (nSPS) is 17.6. The molecule has 2 N–H and O–H groups in total. The van der Waals surface area contributed by atoms with E-state index in [1.165, 1.54) is 5.56 Å². The number of sulfone groups is 1. The molecule has 1 atom stereocenters. The Morgan fingerprint density at radius 3 is 2.50 bits per heavy atom. The molecule has 6 nitrogen and oxygen atoms in total. The van der Waals surface area contributed by atoms with Crippen molar-refractivity contribution in [3.8, 4) is 0 Å². The minimum atomic E-state index is -3.00. The molecule has 3 aromatic rings. The van der Waals surface area contributed by atoms with Gasteiger partial charge in [-0.25, -0.2) is 8.42 Å². The summed E-state index contributed by atoms with van der Waals surface area (Å²) >= 11 is 0. The molecule has 0 bridgehead atoms. The summed E-state index contributed by atoms with van der Waals surface area (Å²) in [4.78, 5) is 18.4. The van der Waals surface area contributed by atoms with Gasteiger partial charge in [0.25, 0.3) is 0 Å². The van der Waals surface area contributed by atoms with E-state index in [0.29, 0.717) is 26.1 Å². The van der Waals surface area contributed by atoms with Crippen LogP contribution >= 0.6 is 0 Å². The first kappa shape index (κ1) is 20.6. The number of aromatic amines is 1. The summed E-state index contributed by atoms with van der Waals surface area (Å²) in [6.45, 7) is 1.34. The number of aromatic nitrogens is 1. The number of carbonyl (C=O) groups excluding carboxylic acids is 1. The van der Waals surface area contributed by atoms with Crippen molar-refractivity contribution in [2.75, 3.05) is 31.1 Å². The highest BCUT2D eigenvalue weighted by atomic mass is 32.2. The number of nitrogens with zero attached hydrogens (tertiary/aromatic N) is 1. The lowest BCUT2D eigenvalue weighted by Gasteiger charge is -2.33. The fourth-order valence-electron chi connectivity index (χ4n) is 4.03. The summed E-state index contributed by atoms with van der Waals surface area (Å²) in [5, 5.41) is 4.17. The average molecular weight is 426 g/mol. The topological polar surface area (TPSA) is 82.3 Å². The molecule has 1 aromatic heterocycles. The molecule has 1 saturated heterocycles. The number of para-hydroxylation sites is 1. The van der Waals surface area contributed by atoms with Gasteiger partial charge in [0, 0.05) is 36.7 Å². The average Bonchev–Trinajstić information content (AvgIpc) is 3.16. The molecule has 1 amide bonds. The Hall–Kier alpha value is -2.64. The highest BCUT2D eigenvalue weighted by Gasteiger charge is 2.31. The van der Waals surface area contributed by atoms with Crippen LogP contribution in [-0.2, 0) is 27.5 Å². The molecule has 1 aliphatic rings. The Kier molecular flexibility index (Phi) is 6.20. The number of hydrogen-bond acceptors (Lipinski definition) is 4. The summed E-state index contributed by atoms with van der Waals surface area (Å²) in [5.74, 6) is 0.166. The van der Waals surface area contributed by atoms with Crippen molar-refractivity contribution in [3.05, 3.63) is 71.9 Å². The second kappa shape index (κ2) is 9.02. The van der Waals surface area contributed by atoms with Crippen LogP contribution in [0.1, 0.15) is 11.1 Å². The maximum Gasteiger partial charge on any atom is 0.237 e. The third kappa shape index (κ3) is 4.91. The molecular weight excluding hydrogens is 398 g/mol. The van der Waals surface area contributed by atoms with Crippen LogP contribution in [0.5, 0.6) is 0 Å². The molecule has 158 valence electrons. The van der Waals surface area contributed by atoms with Crippen molar-refractivity contribution in [1.29, 1.82) is 0 Å². The third-order valence-electron chi connectivity index (χ3n) is 5.77. The van der Waals surface area contributed by atoms with Gasteiger partial charge in [-0.15, -0.1) is 0 Å². The zero-order chi connectivity index (χ0) is 21.0. The number of nitrogens with one attached hydrogen (secondary N) is 2. The second-order valence-electron chi connectivity index (χ2n) is 7.79. The first-order valence-corrected chi connectivity index (χ1v) is 12.1. The lowest BCUT2D eigenvalue weighted by atomic mass is 10.0. The number of rotatable bonds is 7. The van der Waals surface area contributed by atoms with Crippen molar-refractivity contribution in [1.82, 2.24) is 15.2 Å². The Balaban J connectivity index is 1.48. The van der Waals surface area contributed by atoms with Crippen LogP contribution in [0.25, 0.3) is 10.9 Å². The summed E-state index contributed by atoms with van der Waals surface area (Å²) in [7, 11) is -3.00. The molecule has 30 heavy (non-hydrogen) atoms. The van der Waals surface area contributed by atoms with Gasteiger partial charge < -0.3 is 10.3 Å². The fourth-order valence-corrected chi connectivity index (χ4v) is 5.26. The number of benzene rings is 2. The van der Waals surface area contributed by atoms with Crippen molar-refractivity contribution >= 4 is 26.6 Å². The minimum absolute atomic E-state index is 0.0458. The summed E-state index contributed by atoms with van der Waals surface area (Å²) < 4.78 is 23.8. The molecule has 4 rings (SSSR count). The van der Waals surface area contributed by atoms with Crippen molar-refractivity contribution in [2.24, 2.45) is 0 Å². The Morgan fingerprint density at radius 2 is 1.73 bits per heavy atom. The number of hydrogen-bond donors (Lipinski definition) is 2. The molecule has 0 aliphatic carbocycles. The van der Waals surface area contributed by atoms with Crippen LogP contribution < -0.4 is 5.32 Å². The lowest BCUT2D eigenvalue weighted by molar-refractivity contribution is -0.126. The van der Waals surface area contributed by atoms with Crippen molar-refractivity contribution in [3.63, 3.8) is 0 Å². The molecule has 0 unspecified atom stereocenters. The van der Waals surface area contributed by atoms with Crippen LogP contribution in [0.2, 0.25) is 0 Å². The van der Waals surface area contributed by atoms with E-state index in [0.717, 1.165) is 22.9 Å². The zero-order valence-electron chi connectivity index (χ0n) is 16.9. The van der Waals surface area contributed by atoms with E-state index < -0.39 is 15.9 Å². The quantitative estimate of drug-likeness (QED) is 0.608. The van der Waals surface area contributed by atoms with Gasteiger partial charge in [-0.2, -0.15) is 0 Å². The first-order chi connectivity index (χ1) is 14.5. The van der Waals surface area contributed by atoms with Gasteiger partial charge in [0.05, 0.1) is 17.5 Å². The van der Waals surface area contributed by atoms with Crippen LogP contribution in [0, 0.1) is 0 Å². The van der Waals surface area contributed by atoms with E-state index in [4.69, 9.17) is 0 Å². The highest BCUT2D eigenvalue weighted by Crippen LogP contribution is 2.21. The van der Waals surface area contributed by atoms with Crippen LogP contribution in [-0.4, -0.2) is 61.4 Å².